The summed E-state index contributed by atoms with van der Waals surface area (Å²) in [6.45, 7) is 0.281. The monoisotopic (exact) mass is 310 g/mol. The fraction of sp³-hybridized carbons (Fsp3) is 0.133. The first-order chi connectivity index (χ1) is 10.1. The van der Waals surface area contributed by atoms with Crippen molar-refractivity contribution in [3.63, 3.8) is 0 Å². The van der Waals surface area contributed by atoms with E-state index in [0.29, 0.717) is 5.75 Å². The number of rotatable bonds is 6. The maximum absolute atomic E-state index is 13.2. The molecule has 4 nitrogen and oxygen atoms in total. The minimum atomic E-state index is -1.06. The topological polar surface area (TPSA) is 55.8 Å². The second-order valence-electron chi connectivity index (χ2n) is 4.07. The first-order valence-electron chi connectivity index (χ1n) is 6.11. The molecule has 0 heterocycles. The lowest BCUT2D eigenvalue weighted by Crippen LogP contribution is -2.11. The van der Waals surface area contributed by atoms with Crippen LogP contribution in [0.5, 0.6) is 11.5 Å². The summed E-state index contributed by atoms with van der Waals surface area (Å²) >= 11 is 5.56. The highest BCUT2D eigenvalue weighted by atomic mass is 35.5. The Hall–Kier alpha value is -2.27. The predicted octanol–water partition coefficient (Wildman–Crippen LogP) is 3.64. The number of carboxylic acids is 1. The second kappa shape index (κ2) is 6.95. The van der Waals surface area contributed by atoms with Crippen LogP contribution in [0, 0.1) is 5.82 Å². The van der Waals surface area contributed by atoms with E-state index >= 15 is 0 Å². The molecule has 0 aliphatic heterocycles. The normalized spacial score (nSPS) is 10.2. The fourth-order valence-electron chi connectivity index (χ4n) is 1.65. The molecule has 1 N–H and O–H groups in total. The smallest absolute Gasteiger partial charge is 0.339 e. The van der Waals surface area contributed by atoms with Gasteiger partial charge in [-0.1, -0.05) is 23.7 Å². The zero-order valence-electron chi connectivity index (χ0n) is 10.9. The summed E-state index contributed by atoms with van der Waals surface area (Å²) < 4.78 is 23.8. The summed E-state index contributed by atoms with van der Waals surface area (Å²) in [4.78, 5) is 11.0. The molecule has 0 saturated heterocycles. The third kappa shape index (κ3) is 4.10. The summed E-state index contributed by atoms with van der Waals surface area (Å²) in [5.41, 5.74) is 0.0787. The highest BCUT2D eigenvalue weighted by molar-refractivity contribution is 6.30. The van der Waals surface area contributed by atoms with E-state index in [2.05, 4.69) is 0 Å². The summed E-state index contributed by atoms with van der Waals surface area (Å²) in [6, 6.07) is 10.4. The first-order valence-corrected chi connectivity index (χ1v) is 6.48. The molecule has 21 heavy (non-hydrogen) atoms. The number of benzene rings is 2. The summed E-state index contributed by atoms with van der Waals surface area (Å²) in [7, 11) is 0. The second-order valence-corrected chi connectivity index (χ2v) is 4.48. The molecular formula is C15H12ClFO4. The standard InChI is InChI=1S/C15H12ClFO4/c16-12-6-5-10(9-13(12)17)20-7-8-21-14-4-2-1-3-11(14)15(18)19/h1-6,9H,7-8H2,(H,18,19). The van der Waals surface area contributed by atoms with Gasteiger partial charge in [-0.2, -0.15) is 0 Å². The molecule has 2 rings (SSSR count). The highest BCUT2D eigenvalue weighted by Gasteiger charge is 2.09. The van der Waals surface area contributed by atoms with Crippen molar-refractivity contribution >= 4 is 17.6 Å². The van der Waals surface area contributed by atoms with Gasteiger partial charge >= 0.3 is 5.97 Å². The number of aromatic carboxylic acids is 1. The van der Waals surface area contributed by atoms with Crippen LogP contribution in [0.2, 0.25) is 5.02 Å². The van der Waals surface area contributed by atoms with Gasteiger partial charge in [0.2, 0.25) is 0 Å². The van der Waals surface area contributed by atoms with Gasteiger partial charge in [0.05, 0.1) is 5.02 Å². The molecule has 0 unspecified atom stereocenters. The number of hydrogen-bond acceptors (Lipinski definition) is 3. The summed E-state index contributed by atoms with van der Waals surface area (Å²) in [5, 5.41) is 9.01. The van der Waals surface area contributed by atoms with Crippen molar-refractivity contribution < 1.29 is 23.8 Å². The molecular weight excluding hydrogens is 299 g/mol. The van der Waals surface area contributed by atoms with E-state index in [1.807, 2.05) is 0 Å². The van der Waals surface area contributed by atoms with E-state index < -0.39 is 11.8 Å². The molecule has 110 valence electrons. The quantitative estimate of drug-likeness (QED) is 0.828. The molecule has 2 aromatic rings. The summed E-state index contributed by atoms with van der Waals surface area (Å²) in [5.74, 6) is -1.04. The van der Waals surface area contributed by atoms with Crippen LogP contribution >= 0.6 is 11.6 Å². The SMILES string of the molecule is O=C(O)c1ccccc1OCCOc1ccc(Cl)c(F)c1. The van der Waals surface area contributed by atoms with E-state index in [0.717, 1.165) is 0 Å². The molecule has 0 saturated carbocycles. The molecule has 0 bridgehead atoms. The van der Waals surface area contributed by atoms with Crippen LogP contribution < -0.4 is 9.47 Å². The van der Waals surface area contributed by atoms with Crippen LogP contribution in [0.4, 0.5) is 4.39 Å². The van der Waals surface area contributed by atoms with Crippen molar-refractivity contribution in [2.75, 3.05) is 13.2 Å². The third-order valence-corrected chi connectivity index (χ3v) is 2.92. The Labute approximate surface area is 125 Å². The van der Waals surface area contributed by atoms with E-state index in [1.165, 1.54) is 24.3 Å². The van der Waals surface area contributed by atoms with Crippen LogP contribution in [-0.2, 0) is 0 Å². The lowest BCUT2D eigenvalue weighted by molar-refractivity contribution is 0.0691. The van der Waals surface area contributed by atoms with E-state index in [9.17, 15) is 9.18 Å². The van der Waals surface area contributed by atoms with E-state index in [-0.39, 0.29) is 29.5 Å². The van der Waals surface area contributed by atoms with Crippen molar-refractivity contribution in [3.05, 3.63) is 58.9 Å². The minimum absolute atomic E-state index is 0.0222. The number of halogens is 2. The van der Waals surface area contributed by atoms with Crippen LogP contribution in [0.15, 0.2) is 42.5 Å². The van der Waals surface area contributed by atoms with E-state index in [1.54, 1.807) is 18.2 Å². The maximum atomic E-state index is 13.2. The molecule has 0 amide bonds. The zero-order chi connectivity index (χ0) is 15.2. The largest absolute Gasteiger partial charge is 0.490 e. The average molecular weight is 311 g/mol. The lowest BCUT2D eigenvalue weighted by atomic mass is 10.2. The average Bonchev–Trinajstić information content (AvgIpc) is 2.47. The number of carboxylic acid groups (broad SMARTS) is 1. The molecule has 0 radical (unpaired) electrons. The van der Waals surface area contributed by atoms with Gasteiger partial charge in [-0.05, 0) is 24.3 Å². The van der Waals surface area contributed by atoms with Crippen molar-refractivity contribution in [2.24, 2.45) is 0 Å². The van der Waals surface area contributed by atoms with Gasteiger partial charge in [0.15, 0.2) is 0 Å². The molecule has 0 aromatic heterocycles. The Morgan fingerprint density at radius 2 is 1.86 bits per heavy atom. The minimum Gasteiger partial charge on any atom is -0.490 e. The van der Waals surface area contributed by atoms with Crippen molar-refractivity contribution in [1.29, 1.82) is 0 Å². The Bertz CT molecular complexity index is 645. The molecule has 0 aliphatic carbocycles. The lowest BCUT2D eigenvalue weighted by Gasteiger charge is -2.10. The Morgan fingerprint density at radius 3 is 2.57 bits per heavy atom. The van der Waals surface area contributed by atoms with Crippen molar-refractivity contribution in [1.82, 2.24) is 0 Å². The predicted molar refractivity (Wildman–Crippen MR) is 75.8 cm³/mol. The van der Waals surface area contributed by atoms with Crippen molar-refractivity contribution in [2.45, 2.75) is 0 Å². The number of hydrogen-bond donors (Lipinski definition) is 1. The third-order valence-electron chi connectivity index (χ3n) is 2.62. The number of carbonyl (C=O) groups is 1. The maximum Gasteiger partial charge on any atom is 0.339 e. The van der Waals surface area contributed by atoms with Crippen LogP contribution in [0.1, 0.15) is 10.4 Å². The van der Waals surface area contributed by atoms with Crippen molar-refractivity contribution in [3.8, 4) is 11.5 Å². The molecule has 0 spiro atoms. The molecule has 6 heteroatoms. The van der Waals surface area contributed by atoms with E-state index in [4.69, 9.17) is 26.2 Å². The van der Waals surface area contributed by atoms with Gasteiger partial charge in [-0.3, -0.25) is 0 Å². The van der Waals surface area contributed by atoms with Gasteiger partial charge in [0, 0.05) is 6.07 Å². The first kappa shape index (κ1) is 15.1. The Kier molecular flexibility index (Phi) is 5.00. The van der Waals surface area contributed by atoms with Gasteiger partial charge in [-0.25, -0.2) is 9.18 Å². The fourth-order valence-corrected chi connectivity index (χ4v) is 1.76. The number of para-hydroxylation sites is 1. The van der Waals surface area contributed by atoms with Gasteiger partial charge in [0.1, 0.15) is 36.1 Å². The molecule has 0 atom stereocenters. The van der Waals surface area contributed by atoms with Gasteiger partial charge in [0.25, 0.3) is 0 Å². The van der Waals surface area contributed by atoms with Crippen LogP contribution in [0.3, 0.4) is 0 Å². The van der Waals surface area contributed by atoms with Gasteiger partial charge < -0.3 is 14.6 Å². The zero-order valence-corrected chi connectivity index (χ0v) is 11.6. The Balaban J connectivity index is 1.87. The highest BCUT2D eigenvalue weighted by Crippen LogP contribution is 2.21. The van der Waals surface area contributed by atoms with Crippen LogP contribution in [-0.4, -0.2) is 24.3 Å². The molecule has 0 aliphatic rings. The van der Waals surface area contributed by atoms with Crippen LogP contribution in [0.25, 0.3) is 0 Å². The number of ether oxygens (including phenoxy) is 2. The van der Waals surface area contributed by atoms with Gasteiger partial charge in [-0.15, -0.1) is 0 Å². The molecule has 0 fully saturated rings. The Morgan fingerprint density at radius 1 is 1.14 bits per heavy atom. The molecule has 2 aromatic carbocycles. The summed E-state index contributed by atoms with van der Waals surface area (Å²) in [6.07, 6.45) is 0.